The number of nitrogens with zero attached hydrogens (tertiary/aromatic N) is 3. The van der Waals surface area contributed by atoms with Crippen LogP contribution in [0.2, 0.25) is 0 Å². The summed E-state index contributed by atoms with van der Waals surface area (Å²) < 4.78 is 1.85. The predicted octanol–water partition coefficient (Wildman–Crippen LogP) is 2.70. The van der Waals surface area contributed by atoms with Gasteiger partial charge in [0.05, 0.1) is 5.69 Å². The lowest BCUT2D eigenvalue weighted by atomic mass is 10.1. The van der Waals surface area contributed by atoms with Crippen molar-refractivity contribution >= 4 is 5.65 Å². The average Bonchev–Trinajstić information content (AvgIpc) is 2.78. The van der Waals surface area contributed by atoms with Crippen LogP contribution in [0, 0.1) is 6.92 Å². The van der Waals surface area contributed by atoms with Crippen molar-refractivity contribution in [1.29, 1.82) is 0 Å². The zero-order valence-electron chi connectivity index (χ0n) is 8.96. The Hall–Kier alpha value is -2.16. The van der Waals surface area contributed by atoms with E-state index in [0.717, 1.165) is 16.9 Å². The van der Waals surface area contributed by atoms with Crippen molar-refractivity contribution in [2.75, 3.05) is 0 Å². The molecule has 2 heterocycles. The van der Waals surface area contributed by atoms with Crippen molar-refractivity contribution in [3.8, 4) is 11.3 Å². The number of benzene rings is 1. The molecule has 0 aliphatic rings. The molecule has 0 N–H and O–H groups in total. The largest absolute Gasteiger partial charge is 0.215 e. The number of pyridine rings is 1. The summed E-state index contributed by atoms with van der Waals surface area (Å²) in [6, 6.07) is 14.4. The van der Waals surface area contributed by atoms with Gasteiger partial charge in [-0.05, 0) is 19.1 Å². The maximum absolute atomic E-state index is 4.22. The first-order valence-corrected chi connectivity index (χ1v) is 5.20. The van der Waals surface area contributed by atoms with Crippen molar-refractivity contribution in [3.05, 3.63) is 54.4 Å². The Morgan fingerprint density at radius 2 is 1.81 bits per heavy atom. The zero-order chi connectivity index (χ0) is 11.0. The Kier molecular flexibility index (Phi) is 1.96. The topological polar surface area (TPSA) is 30.2 Å². The normalized spacial score (nSPS) is 10.8. The second kappa shape index (κ2) is 3.45. The van der Waals surface area contributed by atoms with E-state index in [0.29, 0.717) is 0 Å². The van der Waals surface area contributed by atoms with Gasteiger partial charge >= 0.3 is 0 Å². The van der Waals surface area contributed by atoms with E-state index in [1.54, 1.807) is 6.33 Å². The minimum atomic E-state index is 0.873. The summed E-state index contributed by atoms with van der Waals surface area (Å²) in [5, 5.41) is 4.22. The van der Waals surface area contributed by atoms with Gasteiger partial charge in [-0.25, -0.2) is 9.50 Å². The summed E-state index contributed by atoms with van der Waals surface area (Å²) in [5.41, 5.74) is 4.35. The van der Waals surface area contributed by atoms with Gasteiger partial charge in [0.1, 0.15) is 6.33 Å². The molecule has 0 bridgehead atoms. The van der Waals surface area contributed by atoms with Crippen LogP contribution in [0.4, 0.5) is 0 Å². The van der Waals surface area contributed by atoms with E-state index in [1.165, 1.54) is 5.56 Å². The Bertz CT molecular complexity index is 623. The second-order valence-corrected chi connectivity index (χ2v) is 3.81. The molecule has 0 amide bonds. The first-order chi connectivity index (χ1) is 7.84. The van der Waals surface area contributed by atoms with Crippen molar-refractivity contribution in [1.82, 2.24) is 14.6 Å². The molecule has 0 radical (unpaired) electrons. The van der Waals surface area contributed by atoms with Gasteiger partial charge in [-0.3, -0.25) is 0 Å². The average molecular weight is 209 g/mol. The van der Waals surface area contributed by atoms with Crippen molar-refractivity contribution < 1.29 is 0 Å². The molecular weight excluding hydrogens is 198 g/mol. The molecule has 16 heavy (non-hydrogen) atoms. The van der Waals surface area contributed by atoms with Crippen molar-refractivity contribution in [2.24, 2.45) is 0 Å². The highest BCUT2D eigenvalue weighted by Crippen LogP contribution is 2.19. The third kappa shape index (κ3) is 1.37. The number of hydrogen-bond acceptors (Lipinski definition) is 2. The smallest absolute Gasteiger partial charge is 0.155 e. The van der Waals surface area contributed by atoms with Gasteiger partial charge in [-0.15, -0.1) is 0 Å². The van der Waals surface area contributed by atoms with Crippen LogP contribution in [0.1, 0.15) is 5.56 Å². The summed E-state index contributed by atoms with van der Waals surface area (Å²) in [6.07, 6.45) is 1.58. The van der Waals surface area contributed by atoms with Crippen LogP contribution in [0.25, 0.3) is 16.9 Å². The number of rotatable bonds is 1. The fourth-order valence-corrected chi connectivity index (χ4v) is 1.79. The molecule has 0 fully saturated rings. The third-order valence-corrected chi connectivity index (χ3v) is 2.65. The first kappa shape index (κ1) is 9.09. The van der Waals surface area contributed by atoms with Crippen LogP contribution in [0.15, 0.2) is 48.8 Å². The Labute approximate surface area is 93.4 Å². The summed E-state index contributed by atoms with van der Waals surface area (Å²) in [5.74, 6) is 0. The molecule has 0 unspecified atom stereocenters. The van der Waals surface area contributed by atoms with Crippen LogP contribution < -0.4 is 0 Å². The molecule has 0 spiro atoms. The van der Waals surface area contributed by atoms with Gasteiger partial charge in [0.2, 0.25) is 0 Å². The van der Waals surface area contributed by atoms with E-state index in [2.05, 4.69) is 41.3 Å². The fourth-order valence-electron chi connectivity index (χ4n) is 1.79. The maximum atomic E-state index is 4.22. The quantitative estimate of drug-likeness (QED) is 0.616. The lowest BCUT2D eigenvalue weighted by molar-refractivity contribution is 0.969. The molecule has 3 aromatic rings. The minimum absolute atomic E-state index is 0.873. The maximum Gasteiger partial charge on any atom is 0.155 e. The Balaban J connectivity index is 2.25. The van der Waals surface area contributed by atoms with Gasteiger partial charge in [0, 0.05) is 5.56 Å². The van der Waals surface area contributed by atoms with E-state index in [1.807, 2.05) is 22.7 Å². The first-order valence-electron chi connectivity index (χ1n) is 5.20. The summed E-state index contributed by atoms with van der Waals surface area (Å²) in [6.45, 7) is 2.08. The number of hydrogen-bond donors (Lipinski definition) is 0. The molecule has 0 aliphatic carbocycles. The molecule has 0 saturated heterocycles. The van der Waals surface area contributed by atoms with Crippen LogP contribution >= 0.6 is 0 Å². The molecular formula is C13H11N3. The predicted molar refractivity (Wildman–Crippen MR) is 63.2 cm³/mol. The van der Waals surface area contributed by atoms with Gasteiger partial charge in [-0.2, -0.15) is 5.10 Å². The monoisotopic (exact) mass is 209 g/mol. The van der Waals surface area contributed by atoms with E-state index in [-0.39, 0.29) is 0 Å². The molecule has 0 atom stereocenters. The highest BCUT2D eigenvalue weighted by Gasteiger charge is 2.03. The van der Waals surface area contributed by atoms with E-state index >= 15 is 0 Å². The number of aromatic nitrogens is 3. The molecule has 0 aliphatic heterocycles. The molecule has 2 aromatic heterocycles. The third-order valence-electron chi connectivity index (χ3n) is 2.65. The fraction of sp³-hybridized carbons (Fsp3) is 0.0769. The van der Waals surface area contributed by atoms with Crippen LogP contribution in [0.5, 0.6) is 0 Å². The van der Waals surface area contributed by atoms with Gasteiger partial charge in [0.25, 0.3) is 0 Å². The molecule has 78 valence electrons. The number of aryl methyl sites for hydroxylation is 1. The van der Waals surface area contributed by atoms with Crippen LogP contribution in [-0.2, 0) is 0 Å². The zero-order valence-corrected chi connectivity index (χ0v) is 8.96. The molecule has 3 nitrogen and oxygen atoms in total. The van der Waals surface area contributed by atoms with Crippen LogP contribution in [0.3, 0.4) is 0 Å². The van der Waals surface area contributed by atoms with E-state index in [9.17, 15) is 0 Å². The lowest BCUT2D eigenvalue weighted by Gasteiger charge is -2.04. The summed E-state index contributed by atoms with van der Waals surface area (Å²) >= 11 is 0. The van der Waals surface area contributed by atoms with Gasteiger partial charge in [-0.1, -0.05) is 35.9 Å². The molecule has 3 rings (SSSR count). The molecule has 0 saturated carbocycles. The van der Waals surface area contributed by atoms with Crippen LogP contribution in [-0.4, -0.2) is 14.6 Å². The minimum Gasteiger partial charge on any atom is -0.215 e. The SMILES string of the molecule is Cc1ccc(-c2cccc3ncnn23)cc1. The molecule has 1 aromatic carbocycles. The highest BCUT2D eigenvalue weighted by molar-refractivity contribution is 5.62. The number of fused-ring (bicyclic) bond motifs is 1. The van der Waals surface area contributed by atoms with Gasteiger partial charge < -0.3 is 0 Å². The highest BCUT2D eigenvalue weighted by atomic mass is 15.3. The summed E-state index contributed by atoms with van der Waals surface area (Å²) in [7, 11) is 0. The Morgan fingerprint density at radius 3 is 2.62 bits per heavy atom. The van der Waals surface area contributed by atoms with Gasteiger partial charge in [0.15, 0.2) is 5.65 Å². The lowest BCUT2D eigenvalue weighted by Crippen LogP contribution is -1.93. The van der Waals surface area contributed by atoms with E-state index in [4.69, 9.17) is 0 Å². The Morgan fingerprint density at radius 1 is 1.00 bits per heavy atom. The second-order valence-electron chi connectivity index (χ2n) is 3.81. The molecule has 3 heteroatoms. The standard InChI is InChI=1S/C13H11N3/c1-10-5-7-11(8-6-10)12-3-2-4-13-14-9-15-16(12)13/h2-9H,1H3. The van der Waals surface area contributed by atoms with Crippen molar-refractivity contribution in [2.45, 2.75) is 6.92 Å². The van der Waals surface area contributed by atoms with E-state index < -0.39 is 0 Å². The van der Waals surface area contributed by atoms with Crippen molar-refractivity contribution in [3.63, 3.8) is 0 Å². The summed E-state index contributed by atoms with van der Waals surface area (Å²) in [4.78, 5) is 4.17.